The van der Waals surface area contributed by atoms with Gasteiger partial charge in [0.2, 0.25) is 0 Å². The van der Waals surface area contributed by atoms with Gasteiger partial charge in [-0.05, 0) is 47.9 Å². The first-order chi connectivity index (χ1) is 14.2. The zero-order valence-electron chi connectivity index (χ0n) is 18.5. The fourth-order valence-electron chi connectivity index (χ4n) is 3.86. The van der Waals surface area contributed by atoms with Gasteiger partial charge in [0.15, 0.2) is 17.3 Å². The average Bonchev–Trinajstić information content (AvgIpc) is 2.84. The molecule has 2 aliphatic rings. The van der Waals surface area contributed by atoms with Crippen molar-refractivity contribution in [3.8, 4) is 11.5 Å². The molecule has 6 nitrogen and oxygen atoms in total. The lowest BCUT2D eigenvalue weighted by Gasteiger charge is -2.30. The van der Waals surface area contributed by atoms with Gasteiger partial charge < -0.3 is 14.3 Å². The molecule has 0 radical (unpaired) electrons. The lowest BCUT2D eigenvalue weighted by molar-refractivity contribution is -0.193. The number of methoxy groups -OCH3 is 2. The molecular weight excluding hydrogens is 398 g/mol. The Labute approximate surface area is 179 Å². The lowest BCUT2D eigenvalue weighted by Crippen LogP contribution is -2.30. The predicted molar refractivity (Wildman–Crippen MR) is 118 cm³/mol. The van der Waals surface area contributed by atoms with Crippen LogP contribution in [-0.4, -0.2) is 45.7 Å². The topological polar surface area (TPSA) is 65.1 Å². The van der Waals surface area contributed by atoms with Gasteiger partial charge in [0.1, 0.15) is 0 Å². The number of benzene rings is 1. The van der Waals surface area contributed by atoms with Crippen molar-refractivity contribution in [2.75, 3.05) is 20.8 Å². The highest BCUT2D eigenvalue weighted by Gasteiger charge is 2.36. The summed E-state index contributed by atoms with van der Waals surface area (Å²) in [7, 11) is 1.89. The molecule has 0 atom stereocenters. The average molecular weight is 430 g/mol. The minimum atomic E-state index is -1.31. The van der Waals surface area contributed by atoms with Crippen molar-refractivity contribution in [3.05, 3.63) is 47.6 Å². The molecule has 30 heavy (non-hydrogen) atoms. The SMILES string of the molecule is COc1cc2c(cc1OC)C1(C=CC(=O)C=C1)CCN(OC(=O)CC[Si](C)(C)C)C2. The van der Waals surface area contributed by atoms with Gasteiger partial charge in [-0.15, -0.1) is 5.06 Å². The summed E-state index contributed by atoms with van der Waals surface area (Å²) in [6, 6.07) is 4.80. The fourth-order valence-corrected chi connectivity index (χ4v) is 4.82. The summed E-state index contributed by atoms with van der Waals surface area (Å²) >= 11 is 0. The van der Waals surface area contributed by atoms with E-state index < -0.39 is 13.5 Å². The largest absolute Gasteiger partial charge is 0.493 e. The number of carbonyl (C=O) groups is 2. The molecule has 3 rings (SSSR count). The minimum absolute atomic E-state index is 0.0264. The number of allylic oxidation sites excluding steroid dienone is 4. The molecule has 1 aromatic carbocycles. The van der Waals surface area contributed by atoms with Gasteiger partial charge in [0, 0.05) is 26.5 Å². The Morgan fingerprint density at radius 3 is 2.33 bits per heavy atom. The molecule has 0 N–H and O–H groups in total. The van der Waals surface area contributed by atoms with Gasteiger partial charge in [-0.1, -0.05) is 31.8 Å². The molecule has 0 aromatic heterocycles. The highest BCUT2D eigenvalue weighted by Crippen LogP contribution is 2.43. The fraction of sp³-hybridized carbons (Fsp3) is 0.478. The smallest absolute Gasteiger partial charge is 0.324 e. The molecule has 1 aliphatic carbocycles. The first kappa shape index (κ1) is 22.3. The standard InChI is InChI=1S/C23H31NO5Si/c1-27-20-14-17-16-24(29-22(26)8-13-30(3,4)5)12-11-23(9-6-18(25)7-10-23)19(17)15-21(20)28-2/h6-7,9-10,14-15H,8,11-13,16H2,1-5H3. The van der Waals surface area contributed by atoms with Gasteiger partial charge in [-0.3, -0.25) is 9.59 Å². The van der Waals surface area contributed by atoms with E-state index >= 15 is 0 Å². The number of fused-ring (bicyclic) bond motifs is 2. The van der Waals surface area contributed by atoms with E-state index in [-0.39, 0.29) is 11.8 Å². The summed E-state index contributed by atoms with van der Waals surface area (Å²) in [5.74, 6) is 1.04. The maximum absolute atomic E-state index is 12.5. The maximum atomic E-state index is 12.5. The van der Waals surface area contributed by atoms with Crippen LogP contribution >= 0.6 is 0 Å². The molecule has 162 valence electrons. The summed E-state index contributed by atoms with van der Waals surface area (Å²) in [5.41, 5.74) is 1.55. The third kappa shape index (κ3) is 5.02. The van der Waals surface area contributed by atoms with Crippen LogP contribution < -0.4 is 9.47 Å². The Hall–Kier alpha value is -2.38. The first-order valence-electron chi connectivity index (χ1n) is 10.3. The molecule has 0 amide bonds. The van der Waals surface area contributed by atoms with Crippen LogP contribution in [0.4, 0.5) is 0 Å². The molecule has 0 bridgehead atoms. The van der Waals surface area contributed by atoms with E-state index in [0.29, 0.717) is 37.4 Å². The number of nitrogens with zero attached hydrogens (tertiary/aromatic N) is 1. The minimum Gasteiger partial charge on any atom is -0.493 e. The summed E-state index contributed by atoms with van der Waals surface area (Å²) in [4.78, 5) is 30.0. The predicted octanol–water partition coefficient (Wildman–Crippen LogP) is 4.03. The lowest BCUT2D eigenvalue weighted by atomic mass is 9.73. The van der Waals surface area contributed by atoms with Gasteiger partial charge in [-0.25, -0.2) is 0 Å². The molecule has 0 saturated carbocycles. The number of carbonyl (C=O) groups excluding carboxylic acids is 2. The Balaban J connectivity index is 1.92. The molecular formula is C23H31NO5Si. The zero-order chi connectivity index (χ0) is 21.9. The third-order valence-electron chi connectivity index (χ3n) is 5.63. The Morgan fingerprint density at radius 1 is 1.10 bits per heavy atom. The van der Waals surface area contributed by atoms with Crippen LogP contribution in [0, 0.1) is 0 Å². The molecule has 7 heteroatoms. The van der Waals surface area contributed by atoms with Crippen molar-refractivity contribution in [3.63, 3.8) is 0 Å². The molecule has 0 fully saturated rings. The second-order valence-corrected chi connectivity index (χ2v) is 14.7. The Morgan fingerprint density at radius 2 is 1.73 bits per heavy atom. The van der Waals surface area contributed by atoms with Gasteiger partial charge in [0.25, 0.3) is 0 Å². The van der Waals surface area contributed by atoms with Crippen molar-refractivity contribution in [1.29, 1.82) is 0 Å². The van der Waals surface area contributed by atoms with Gasteiger partial charge in [0.05, 0.1) is 20.8 Å². The molecule has 1 aliphatic heterocycles. The highest BCUT2D eigenvalue weighted by molar-refractivity contribution is 6.76. The molecule has 1 aromatic rings. The summed E-state index contributed by atoms with van der Waals surface area (Å²) in [5, 5.41) is 1.73. The summed E-state index contributed by atoms with van der Waals surface area (Å²) in [6.45, 7) is 7.74. The summed E-state index contributed by atoms with van der Waals surface area (Å²) < 4.78 is 11.0. The molecule has 1 heterocycles. The Kier molecular flexibility index (Phi) is 6.52. The van der Waals surface area contributed by atoms with Crippen molar-refractivity contribution < 1.29 is 23.9 Å². The van der Waals surface area contributed by atoms with Gasteiger partial charge >= 0.3 is 5.97 Å². The van der Waals surface area contributed by atoms with Crippen molar-refractivity contribution >= 4 is 19.8 Å². The van der Waals surface area contributed by atoms with E-state index in [4.69, 9.17) is 14.3 Å². The van der Waals surface area contributed by atoms with Gasteiger partial charge in [-0.2, -0.15) is 0 Å². The number of ketones is 1. The van der Waals surface area contributed by atoms with Crippen molar-refractivity contribution in [2.45, 2.75) is 50.5 Å². The number of rotatable bonds is 6. The van der Waals surface area contributed by atoms with E-state index in [1.165, 1.54) is 0 Å². The van der Waals surface area contributed by atoms with E-state index in [1.807, 2.05) is 24.3 Å². The summed E-state index contributed by atoms with van der Waals surface area (Å²) in [6.07, 6.45) is 8.21. The normalized spacial score (nSPS) is 18.1. The maximum Gasteiger partial charge on any atom is 0.324 e. The van der Waals surface area contributed by atoms with Crippen LogP contribution in [0.3, 0.4) is 0 Å². The van der Waals surface area contributed by atoms with Crippen LogP contribution in [-0.2, 0) is 26.4 Å². The van der Waals surface area contributed by atoms with Crippen LogP contribution in [0.25, 0.3) is 0 Å². The first-order valence-corrected chi connectivity index (χ1v) is 14.0. The molecule has 0 saturated heterocycles. The number of hydrogen-bond donors (Lipinski definition) is 0. The molecule has 1 spiro atoms. The van der Waals surface area contributed by atoms with Crippen LogP contribution in [0.2, 0.25) is 25.7 Å². The number of hydroxylamine groups is 2. The number of hydrogen-bond acceptors (Lipinski definition) is 6. The quantitative estimate of drug-likeness (QED) is 0.636. The van der Waals surface area contributed by atoms with E-state index in [1.54, 1.807) is 31.4 Å². The third-order valence-corrected chi connectivity index (χ3v) is 7.38. The van der Waals surface area contributed by atoms with E-state index in [2.05, 4.69) is 19.6 Å². The second kappa shape index (κ2) is 8.77. The van der Waals surface area contributed by atoms with E-state index in [0.717, 1.165) is 17.2 Å². The monoisotopic (exact) mass is 429 g/mol. The second-order valence-electron chi connectivity index (χ2n) is 9.11. The number of ether oxygens (including phenoxy) is 2. The molecule has 0 unspecified atom stereocenters. The van der Waals surface area contributed by atoms with Crippen LogP contribution in [0.1, 0.15) is 24.0 Å². The van der Waals surface area contributed by atoms with Crippen LogP contribution in [0.15, 0.2) is 36.4 Å². The van der Waals surface area contributed by atoms with E-state index in [9.17, 15) is 9.59 Å². The van der Waals surface area contributed by atoms with Crippen molar-refractivity contribution in [1.82, 2.24) is 5.06 Å². The van der Waals surface area contributed by atoms with Crippen molar-refractivity contribution in [2.24, 2.45) is 0 Å². The van der Waals surface area contributed by atoms with Crippen LogP contribution in [0.5, 0.6) is 11.5 Å². The zero-order valence-corrected chi connectivity index (χ0v) is 19.5. The highest BCUT2D eigenvalue weighted by atomic mass is 28.3. The Bertz CT molecular complexity index is 868.